The Morgan fingerprint density at radius 1 is 1.53 bits per heavy atom. The number of carboxylic acid groups (broad SMARTS) is 1. The molecule has 1 rings (SSSR count). The Labute approximate surface area is 109 Å². The standard InChI is InChI=1S/C11H14N2O6/c1-18-6-9(11(14)15)12-8-5-7(19-2)3-4-10(8)13(16)17/h3-5,9,12H,6H2,1-2H3,(H,14,15). The molecule has 0 fully saturated rings. The summed E-state index contributed by atoms with van der Waals surface area (Å²) in [5.41, 5.74) is -0.169. The van der Waals surface area contributed by atoms with Crippen LogP contribution in [0.5, 0.6) is 5.75 Å². The van der Waals surface area contributed by atoms with Crippen molar-refractivity contribution in [3.05, 3.63) is 28.3 Å². The van der Waals surface area contributed by atoms with E-state index in [1.165, 1.54) is 32.4 Å². The number of carbonyl (C=O) groups is 1. The predicted molar refractivity (Wildman–Crippen MR) is 66.6 cm³/mol. The minimum absolute atomic E-state index is 0.0637. The molecular formula is C11H14N2O6. The van der Waals surface area contributed by atoms with Crippen LogP contribution < -0.4 is 10.1 Å². The van der Waals surface area contributed by atoms with Gasteiger partial charge < -0.3 is 19.9 Å². The van der Waals surface area contributed by atoms with Crippen molar-refractivity contribution in [3.8, 4) is 5.75 Å². The lowest BCUT2D eigenvalue weighted by atomic mass is 10.2. The highest BCUT2D eigenvalue weighted by molar-refractivity contribution is 5.79. The number of nitro groups is 1. The molecule has 1 aromatic carbocycles. The third kappa shape index (κ3) is 3.81. The molecule has 0 aliphatic heterocycles. The van der Waals surface area contributed by atoms with Gasteiger partial charge in [0.25, 0.3) is 5.69 Å². The molecule has 8 heteroatoms. The summed E-state index contributed by atoms with van der Waals surface area (Å²) in [6.45, 7) is -0.121. The summed E-state index contributed by atoms with van der Waals surface area (Å²) < 4.78 is 9.70. The number of hydrogen-bond acceptors (Lipinski definition) is 6. The summed E-state index contributed by atoms with van der Waals surface area (Å²) in [5.74, 6) is -0.784. The SMILES string of the molecule is COCC(Nc1cc(OC)ccc1[N+](=O)[O-])C(=O)O. The number of carboxylic acids is 1. The molecule has 0 spiro atoms. The molecule has 1 unspecified atom stereocenters. The van der Waals surface area contributed by atoms with Gasteiger partial charge in [0, 0.05) is 19.2 Å². The number of nitrogens with zero attached hydrogens (tertiary/aromatic N) is 1. The van der Waals surface area contributed by atoms with Gasteiger partial charge in [-0.2, -0.15) is 0 Å². The van der Waals surface area contributed by atoms with Gasteiger partial charge in [-0.3, -0.25) is 10.1 Å². The van der Waals surface area contributed by atoms with Gasteiger partial charge in [0.05, 0.1) is 18.6 Å². The van der Waals surface area contributed by atoms with Crippen molar-refractivity contribution in [1.29, 1.82) is 0 Å². The molecule has 1 aromatic rings. The molecule has 104 valence electrons. The average molecular weight is 270 g/mol. The van der Waals surface area contributed by atoms with Crippen molar-refractivity contribution in [2.75, 3.05) is 26.1 Å². The zero-order valence-electron chi connectivity index (χ0n) is 10.5. The van der Waals surface area contributed by atoms with E-state index in [0.29, 0.717) is 5.75 Å². The van der Waals surface area contributed by atoms with Crippen LogP contribution >= 0.6 is 0 Å². The van der Waals surface area contributed by atoms with Crippen molar-refractivity contribution < 1.29 is 24.3 Å². The smallest absolute Gasteiger partial charge is 0.328 e. The molecule has 2 N–H and O–H groups in total. The Morgan fingerprint density at radius 2 is 2.21 bits per heavy atom. The molecule has 0 bridgehead atoms. The first-order chi connectivity index (χ1) is 8.99. The topological polar surface area (TPSA) is 111 Å². The van der Waals surface area contributed by atoms with E-state index < -0.39 is 16.9 Å². The van der Waals surface area contributed by atoms with Gasteiger partial charge in [-0.25, -0.2) is 4.79 Å². The molecule has 8 nitrogen and oxygen atoms in total. The van der Waals surface area contributed by atoms with E-state index in [9.17, 15) is 14.9 Å². The van der Waals surface area contributed by atoms with Crippen LogP contribution in [0.3, 0.4) is 0 Å². The van der Waals surface area contributed by atoms with Gasteiger partial charge in [-0.05, 0) is 6.07 Å². The van der Waals surface area contributed by atoms with Gasteiger partial charge >= 0.3 is 5.97 Å². The monoisotopic (exact) mass is 270 g/mol. The molecule has 0 aromatic heterocycles. The van der Waals surface area contributed by atoms with Crippen LogP contribution in [-0.2, 0) is 9.53 Å². The number of methoxy groups -OCH3 is 2. The third-order valence-electron chi connectivity index (χ3n) is 2.36. The Morgan fingerprint density at radius 3 is 2.68 bits per heavy atom. The highest BCUT2D eigenvalue weighted by Crippen LogP contribution is 2.29. The fraction of sp³-hybridized carbons (Fsp3) is 0.364. The van der Waals surface area contributed by atoms with Crippen molar-refractivity contribution >= 4 is 17.3 Å². The van der Waals surface area contributed by atoms with Crippen LogP contribution in [0.1, 0.15) is 0 Å². The number of rotatable bonds is 7. The van der Waals surface area contributed by atoms with Crippen molar-refractivity contribution in [1.82, 2.24) is 0 Å². The molecule has 19 heavy (non-hydrogen) atoms. The number of anilines is 1. The first-order valence-corrected chi connectivity index (χ1v) is 5.30. The molecule has 0 amide bonds. The van der Waals surface area contributed by atoms with E-state index in [2.05, 4.69) is 5.32 Å². The number of nitrogens with one attached hydrogen (secondary N) is 1. The summed E-state index contributed by atoms with van der Waals surface area (Å²) in [6, 6.07) is 2.95. The maximum Gasteiger partial charge on any atom is 0.328 e. The second-order valence-corrected chi connectivity index (χ2v) is 3.63. The van der Waals surface area contributed by atoms with E-state index in [1.807, 2.05) is 0 Å². The van der Waals surface area contributed by atoms with Gasteiger partial charge in [0.1, 0.15) is 17.5 Å². The van der Waals surface area contributed by atoms with Crippen LogP contribution in [0.25, 0.3) is 0 Å². The number of aliphatic carboxylic acids is 1. The normalized spacial score (nSPS) is 11.7. The van der Waals surface area contributed by atoms with E-state index in [1.54, 1.807) is 0 Å². The van der Waals surface area contributed by atoms with E-state index in [4.69, 9.17) is 14.6 Å². The Balaban J connectivity index is 3.08. The molecule has 0 heterocycles. The molecular weight excluding hydrogens is 256 g/mol. The fourth-order valence-electron chi connectivity index (χ4n) is 1.45. The summed E-state index contributed by atoms with van der Waals surface area (Å²) in [5, 5.41) is 22.4. The average Bonchev–Trinajstić information content (AvgIpc) is 2.37. The predicted octanol–water partition coefficient (Wildman–Crippen LogP) is 1.11. The number of ether oxygens (including phenoxy) is 2. The minimum Gasteiger partial charge on any atom is -0.497 e. The number of hydrogen-bond donors (Lipinski definition) is 2. The number of nitro benzene ring substituents is 1. The highest BCUT2D eigenvalue weighted by Gasteiger charge is 2.22. The van der Waals surface area contributed by atoms with Crippen molar-refractivity contribution in [2.24, 2.45) is 0 Å². The highest BCUT2D eigenvalue weighted by atomic mass is 16.6. The van der Waals surface area contributed by atoms with Crippen LogP contribution in [0.15, 0.2) is 18.2 Å². The Hall–Kier alpha value is -2.35. The molecule has 0 saturated carbocycles. The van der Waals surface area contributed by atoms with Crippen molar-refractivity contribution in [2.45, 2.75) is 6.04 Å². The molecule has 1 atom stereocenters. The Kier molecular flexibility index (Phi) is 5.07. The maximum atomic E-state index is 11.0. The summed E-state index contributed by atoms with van der Waals surface area (Å²) in [7, 11) is 2.76. The third-order valence-corrected chi connectivity index (χ3v) is 2.36. The van der Waals surface area contributed by atoms with E-state index in [0.717, 1.165) is 0 Å². The zero-order chi connectivity index (χ0) is 14.4. The molecule has 0 radical (unpaired) electrons. The van der Waals surface area contributed by atoms with Gasteiger partial charge in [0.2, 0.25) is 0 Å². The summed E-state index contributed by atoms with van der Waals surface area (Å²) >= 11 is 0. The zero-order valence-corrected chi connectivity index (χ0v) is 10.5. The number of benzene rings is 1. The lowest BCUT2D eigenvalue weighted by Gasteiger charge is -2.15. The van der Waals surface area contributed by atoms with Gasteiger partial charge in [-0.1, -0.05) is 0 Å². The maximum absolute atomic E-state index is 11.0. The van der Waals surface area contributed by atoms with E-state index >= 15 is 0 Å². The van der Waals surface area contributed by atoms with Gasteiger partial charge in [-0.15, -0.1) is 0 Å². The van der Waals surface area contributed by atoms with Crippen LogP contribution in [0.2, 0.25) is 0 Å². The first kappa shape index (κ1) is 14.7. The van der Waals surface area contributed by atoms with Crippen molar-refractivity contribution in [3.63, 3.8) is 0 Å². The Bertz CT molecular complexity index is 476. The summed E-state index contributed by atoms with van der Waals surface area (Å²) in [6.07, 6.45) is 0. The first-order valence-electron chi connectivity index (χ1n) is 5.30. The van der Waals surface area contributed by atoms with Crippen LogP contribution in [0, 0.1) is 10.1 Å². The molecule has 0 aliphatic rings. The van der Waals surface area contributed by atoms with Gasteiger partial charge in [0.15, 0.2) is 0 Å². The lowest BCUT2D eigenvalue weighted by Crippen LogP contribution is -2.33. The molecule has 0 aliphatic carbocycles. The second kappa shape index (κ2) is 6.55. The van der Waals surface area contributed by atoms with Crippen LogP contribution in [0.4, 0.5) is 11.4 Å². The second-order valence-electron chi connectivity index (χ2n) is 3.63. The lowest BCUT2D eigenvalue weighted by molar-refractivity contribution is -0.384. The quantitative estimate of drug-likeness (QED) is 0.564. The summed E-state index contributed by atoms with van der Waals surface area (Å²) in [4.78, 5) is 21.3. The van der Waals surface area contributed by atoms with Crippen LogP contribution in [-0.4, -0.2) is 42.9 Å². The fourth-order valence-corrected chi connectivity index (χ4v) is 1.45. The molecule has 0 saturated heterocycles. The minimum atomic E-state index is -1.17. The van der Waals surface area contributed by atoms with E-state index in [-0.39, 0.29) is 18.0 Å². The largest absolute Gasteiger partial charge is 0.497 e.